The second kappa shape index (κ2) is 16.2. The minimum atomic E-state index is -0.478. The average molecular weight is 812 g/mol. The van der Waals surface area contributed by atoms with E-state index in [1.165, 1.54) is 92.4 Å². The molecule has 0 unspecified atom stereocenters. The van der Waals surface area contributed by atoms with Gasteiger partial charge in [-0.1, -0.05) is 178 Å². The average Bonchev–Trinajstić information content (AvgIpc) is 3.82. The third kappa shape index (κ3) is 6.71. The Hall–Kier alpha value is -7.23. The molecule has 9 aromatic rings. The molecule has 7 aromatic carbocycles. The SMILES string of the molecule is CCCCc1cc(CCCC)cc(-c2ccc3c(c2)C2(c4ccccc4-c4ccccc42)c2cc(-c4ccc(-c5nc(-c6ccccc6)cc(-c6ccccc6)n5)cn4)ccc2-3)c1. The topological polar surface area (TPSA) is 38.7 Å². The fourth-order valence-electron chi connectivity index (χ4n) is 10.2. The molecular weight excluding hydrogens is 763 g/mol. The molecule has 0 aliphatic heterocycles. The molecule has 63 heavy (non-hydrogen) atoms. The van der Waals surface area contributed by atoms with Crippen molar-refractivity contribution in [3.63, 3.8) is 0 Å². The van der Waals surface area contributed by atoms with Crippen LogP contribution < -0.4 is 0 Å². The molecule has 304 valence electrons. The van der Waals surface area contributed by atoms with E-state index in [-0.39, 0.29) is 0 Å². The first-order chi connectivity index (χ1) is 31.1. The number of benzene rings is 7. The first-order valence-corrected chi connectivity index (χ1v) is 22.7. The summed E-state index contributed by atoms with van der Waals surface area (Å²) in [5.74, 6) is 0.654. The fourth-order valence-corrected chi connectivity index (χ4v) is 10.2. The predicted molar refractivity (Wildman–Crippen MR) is 261 cm³/mol. The molecule has 0 N–H and O–H groups in total. The number of unbranched alkanes of at least 4 members (excludes halogenated alkanes) is 2. The van der Waals surface area contributed by atoms with Crippen molar-refractivity contribution in [3.05, 3.63) is 222 Å². The van der Waals surface area contributed by atoms with Crippen LogP contribution in [-0.4, -0.2) is 15.0 Å². The molecule has 3 nitrogen and oxygen atoms in total. The highest BCUT2D eigenvalue weighted by molar-refractivity contribution is 5.96. The maximum Gasteiger partial charge on any atom is 0.161 e. The number of fused-ring (bicyclic) bond motifs is 10. The third-order valence-corrected chi connectivity index (χ3v) is 13.3. The Morgan fingerprint density at radius 3 is 1.40 bits per heavy atom. The van der Waals surface area contributed by atoms with E-state index >= 15 is 0 Å². The molecule has 2 aromatic heterocycles. The maximum atomic E-state index is 5.14. The van der Waals surface area contributed by atoms with Gasteiger partial charge in [0.2, 0.25) is 0 Å². The molecule has 0 amide bonds. The summed E-state index contributed by atoms with van der Waals surface area (Å²) in [6.07, 6.45) is 8.97. The van der Waals surface area contributed by atoms with Crippen molar-refractivity contribution in [3.8, 4) is 78.5 Å². The third-order valence-electron chi connectivity index (χ3n) is 13.3. The lowest BCUT2D eigenvalue weighted by Gasteiger charge is -2.31. The summed E-state index contributed by atoms with van der Waals surface area (Å²) in [4.78, 5) is 15.3. The van der Waals surface area contributed by atoms with Gasteiger partial charge in [-0.3, -0.25) is 4.98 Å². The lowest BCUT2D eigenvalue weighted by molar-refractivity contribution is 0.781. The Labute approximate surface area is 371 Å². The molecular formula is C60H49N3. The Morgan fingerprint density at radius 1 is 0.365 bits per heavy atom. The van der Waals surface area contributed by atoms with Crippen LogP contribution in [0.3, 0.4) is 0 Å². The van der Waals surface area contributed by atoms with Crippen molar-refractivity contribution in [1.82, 2.24) is 15.0 Å². The summed E-state index contributed by atoms with van der Waals surface area (Å²) in [6, 6.07) is 66.8. The maximum absolute atomic E-state index is 5.14. The zero-order valence-electron chi connectivity index (χ0n) is 36.0. The number of aromatic nitrogens is 3. The van der Waals surface area contributed by atoms with E-state index in [0.29, 0.717) is 5.82 Å². The molecule has 11 rings (SSSR count). The smallest absolute Gasteiger partial charge is 0.161 e. The minimum absolute atomic E-state index is 0.478. The van der Waals surface area contributed by atoms with Gasteiger partial charge in [0.1, 0.15) is 0 Å². The van der Waals surface area contributed by atoms with Crippen LogP contribution in [-0.2, 0) is 18.3 Å². The summed E-state index contributed by atoms with van der Waals surface area (Å²) in [7, 11) is 0. The van der Waals surface area contributed by atoms with Crippen molar-refractivity contribution in [2.24, 2.45) is 0 Å². The Balaban J connectivity index is 1.04. The number of hydrogen-bond donors (Lipinski definition) is 0. The number of rotatable bonds is 11. The van der Waals surface area contributed by atoms with E-state index in [4.69, 9.17) is 15.0 Å². The molecule has 2 aliphatic rings. The van der Waals surface area contributed by atoms with Gasteiger partial charge in [0.25, 0.3) is 0 Å². The van der Waals surface area contributed by atoms with E-state index in [1.54, 1.807) is 0 Å². The van der Waals surface area contributed by atoms with Gasteiger partial charge >= 0.3 is 0 Å². The van der Waals surface area contributed by atoms with Crippen LogP contribution in [0.5, 0.6) is 0 Å². The van der Waals surface area contributed by atoms with Crippen LogP contribution in [0.15, 0.2) is 188 Å². The second-order valence-corrected chi connectivity index (χ2v) is 17.2. The van der Waals surface area contributed by atoms with Gasteiger partial charge in [-0.2, -0.15) is 0 Å². The highest BCUT2D eigenvalue weighted by Crippen LogP contribution is 2.63. The van der Waals surface area contributed by atoms with Crippen molar-refractivity contribution in [2.45, 2.75) is 57.8 Å². The van der Waals surface area contributed by atoms with Gasteiger partial charge in [0.05, 0.1) is 22.5 Å². The number of pyridine rings is 1. The standard InChI is InChI=1S/C60H49N3/c1-3-5-17-40-33-41(18-6-4-2)35-47(34-40)44-27-30-50-51-31-28-45(37-55(51)60(54(50)36-44)52-25-15-13-23-48(52)49-24-14-16-26-53(49)60)56-32-29-46(39-61-56)59-62-57(42-19-9-7-10-20-42)38-58(63-59)43-21-11-8-12-22-43/h7-16,19-39H,3-6,17-18H2,1-2H3. The van der Waals surface area contributed by atoms with Crippen LogP contribution in [0.2, 0.25) is 0 Å². The summed E-state index contributed by atoms with van der Waals surface area (Å²) in [5, 5.41) is 0. The molecule has 2 heterocycles. The zero-order chi connectivity index (χ0) is 42.3. The first-order valence-electron chi connectivity index (χ1n) is 22.7. The molecule has 2 aliphatic carbocycles. The zero-order valence-corrected chi connectivity index (χ0v) is 36.0. The van der Waals surface area contributed by atoms with Crippen LogP contribution in [0.4, 0.5) is 0 Å². The number of aryl methyl sites for hydroxylation is 2. The quantitative estimate of drug-likeness (QED) is 0.131. The van der Waals surface area contributed by atoms with Crippen LogP contribution >= 0.6 is 0 Å². The Morgan fingerprint density at radius 2 is 0.857 bits per heavy atom. The van der Waals surface area contributed by atoms with Crippen molar-refractivity contribution in [1.29, 1.82) is 0 Å². The van der Waals surface area contributed by atoms with Crippen LogP contribution in [0, 0.1) is 0 Å². The molecule has 0 bridgehead atoms. The van der Waals surface area contributed by atoms with Crippen LogP contribution in [0.25, 0.3) is 78.5 Å². The Bertz CT molecular complexity index is 3000. The molecule has 0 saturated heterocycles. The van der Waals surface area contributed by atoms with Gasteiger partial charge in [-0.05, 0) is 123 Å². The molecule has 0 atom stereocenters. The first kappa shape index (κ1) is 38.7. The summed E-state index contributed by atoms with van der Waals surface area (Å²) < 4.78 is 0. The van der Waals surface area contributed by atoms with E-state index < -0.39 is 5.41 Å². The van der Waals surface area contributed by atoms with Crippen LogP contribution in [0.1, 0.15) is 72.9 Å². The largest absolute Gasteiger partial charge is 0.255 e. The molecule has 0 fully saturated rings. The fraction of sp³-hybridized carbons (Fsp3) is 0.150. The predicted octanol–water partition coefficient (Wildman–Crippen LogP) is 15.2. The van der Waals surface area contributed by atoms with Gasteiger partial charge in [-0.15, -0.1) is 0 Å². The van der Waals surface area contributed by atoms with Gasteiger partial charge in [-0.25, -0.2) is 9.97 Å². The summed E-state index contributed by atoms with van der Waals surface area (Å²) in [5.41, 5.74) is 22.3. The minimum Gasteiger partial charge on any atom is -0.255 e. The van der Waals surface area contributed by atoms with Gasteiger partial charge < -0.3 is 0 Å². The van der Waals surface area contributed by atoms with Gasteiger partial charge in [0, 0.05) is 28.5 Å². The molecule has 0 saturated carbocycles. The normalized spacial score (nSPS) is 12.8. The summed E-state index contributed by atoms with van der Waals surface area (Å²) in [6.45, 7) is 4.58. The summed E-state index contributed by atoms with van der Waals surface area (Å²) >= 11 is 0. The van der Waals surface area contributed by atoms with E-state index in [0.717, 1.165) is 52.2 Å². The number of nitrogens with zero attached hydrogens (tertiary/aromatic N) is 3. The van der Waals surface area contributed by atoms with Crippen molar-refractivity contribution in [2.75, 3.05) is 0 Å². The second-order valence-electron chi connectivity index (χ2n) is 17.2. The Kier molecular flexibility index (Phi) is 9.96. The van der Waals surface area contributed by atoms with E-state index in [2.05, 4.69) is 159 Å². The monoisotopic (exact) mass is 811 g/mol. The highest BCUT2D eigenvalue weighted by Gasteiger charge is 2.51. The molecule has 1 spiro atoms. The molecule has 3 heteroatoms. The molecule has 0 radical (unpaired) electrons. The van der Waals surface area contributed by atoms with Crippen molar-refractivity contribution < 1.29 is 0 Å². The van der Waals surface area contributed by atoms with E-state index in [1.807, 2.05) is 42.6 Å². The van der Waals surface area contributed by atoms with E-state index in [9.17, 15) is 0 Å². The van der Waals surface area contributed by atoms with Gasteiger partial charge in [0.15, 0.2) is 5.82 Å². The lowest BCUT2D eigenvalue weighted by atomic mass is 9.70. The van der Waals surface area contributed by atoms with Crippen molar-refractivity contribution >= 4 is 0 Å². The number of hydrogen-bond acceptors (Lipinski definition) is 3. The highest BCUT2D eigenvalue weighted by atomic mass is 14.9. The lowest BCUT2D eigenvalue weighted by Crippen LogP contribution is -2.26.